The van der Waals surface area contributed by atoms with Crippen molar-refractivity contribution in [2.75, 3.05) is 5.88 Å². The van der Waals surface area contributed by atoms with Crippen LogP contribution in [-0.4, -0.2) is 12.2 Å². The molecule has 0 unspecified atom stereocenters. The van der Waals surface area contributed by atoms with Crippen LogP contribution in [0.4, 0.5) is 0 Å². The first-order valence-electron chi connectivity index (χ1n) is 3.57. The molecule has 1 rings (SSSR count). The van der Waals surface area contributed by atoms with Gasteiger partial charge in [-0.15, -0.1) is 11.6 Å². The van der Waals surface area contributed by atoms with E-state index >= 15 is 0 Å². The molecule has 0 aliphatic carbocycles. The number of halogens is 2. The van der Waals surface area contributed by atoms with Gasteiger partial charge in [0.05, 0.1) is 10.9 Å². The van der Waals surface area contributed by atoms with E-state index in [4.69, 9.17) is 23.2 Å². The minimum atomic E-state index is 0.270. The summed E-state index contributed by atoms with van der Waals surface area (Å²) in [6.07, 6.45) is 0.741. The van der Waals surface area contributed by atoms with Crippen molar-refractivity contribution >= 4 is 29.5 Å². The standard InChI is InChI=1S/C10H6Cl2O/c11-5-1-2-9-4-3-8(7-13)6-10(9)12/h3-4,6-7H,5H2. The summed E-state index contributed by atoms with van der Waals surface area (Å²) in [6.45, 7) is 0. The quantitative estimate of drug-likeness (QED) is 0.398. The molecule has 0 N–H and O–H groups in total. The van der Waals surface area contributed by atoms with E-state index in [-0.39, 0.29) is 5.88 Å². The second-order valence-corrected chi connectivity index (χ2v) is 2.97. The molecule has 0 aliphatic rings. The molecule has 0 bridgehead atoms. The fourth-order valence-electron chi connectivity index (χ4n) is 0.835. The highest BCUT2D eigenvalue weighted by Crippen LogP contribution is 2.15. The molecule has 0 aromatic heterocycles. The largest absolute Gasteiger partial charge is 0.298 e. The monoisotopic (exact) mass is 212 g/mol. The molecular weight excluding hydrogens is 207 g/mol. The van der Waals surface area contributed by atoms with Gasteiger partial charge in [-0.3, -0.25) is 4.79 Å². The fraction of sp³-hybridized carbons (Fsp3) is 0.100. The van der Waals surface area contributed by atoms with Crippen LogP contribution >= 0.6 is 23.2 Å². The summed E-state index contributed by atoms with van der Waals surface area (Å²) >= 11 is 11.2. The highest BCUT2D eigenvalue weighted by molar-refractivity contribution is 6.32. The molecule has 1 aromatic carbocycles. The van der Waals surface area contributed by atoms with Gasteiger partial charge in [0.25, 0.3) is 0 Å². The Morgan fingerprint density at radius 2 is 2.23 bits per heavy atom. The molecule has 0 saturated carbocycles. The predicted octanol–water partition coefficient (Wildman–Crippen LogP) is 2.74. The van der Waals surface area contributed by atoms with Crippen molar-refractivity contribution < 1.29 is 4.79 Å². The van der Waals surface area contributed by atoms with Gasteiger partial charge in [0.2, 0.25) is 0 Å². The molecule has 0 saturated heterocycles. The molecule has 0 aliphatic heterocycles. The normalized spacial score (nSPS) is 8.77. The lowest BCUT2D eigenvalue weighted by Gasteiger charge is -1.95. The van der Waals surface area contributed by atoms with E-state index in [1.807, 2.05) is 0 Å². The molecule has 0 amide bonds. The van der Waals surface area contributed by atoms with Crippen molar-refractivity contribution in [2.24, 2.45) is 0 Å². The van der Waals surface area contributed by atoms with Gasteiger partial charge in [-0.25, -0.2) is 0 Å². The number of hydrogen-bond acceptors (Lipinski definition) is 1. The summed E-state index contributed by atoms with van der Waals surface area (Å²) in [5.74, 6) is 5.74. The Bertz CT molecular complexity index is 374. The zero-order valence-electron chi connectivity index (χ0n) is 6.68. The van der Waals surface area contributed by atoms with Gasteiger partial charge in [0.15, 0.2) is 0 Å². The van der Waals surface area contributed by atoms with Gasteiger partial charge < -0.3 is 0 Å². The van der Waals surface area contributed by atoms with E-state index in [0.717, 1.165) is 6.29 Å². The average Bonchev–Trinajstić information content (AvgIpc) is 2.16. The van der Waals surface area contributed by atoms with E-state index in [2.05, 4.69) is 11.8 Å². The third kappa shape index (κ3) is 2.77. The molecule has 3 heteroatoms. The molecule has 0 heterocycles. The maximum absolute atomic E-state index is 10.4. The molecule has 1 nitrogen and oxygen atoms in total. The van der Waals surface area contributed by atoms with E-state index < -0.39 is 0 Å². The summed E-state index contributed by atoms with van der Waals surface area (Å²) in [6, 6.07) is 4.94. The van der Waals surface area contributed by atoms with Crippen LogP contribution in [0.15, 0.2) is 18.2 Å². The molecule has 13 heavy (non-hydrogen) atoms. The molecule has 1 aromatic rings. The number of carbonyl (C=O) groups is 1. The number of benzene rings is 1. The highest BCUT2D eigenvalue weighted by Gasteiger charge is 1.97. The van der Waals surface area contributed by atoms with Crippen LogP contribution in [0.1, 0.15) is 15.9 Å². The number of aldehydes is 1. The Hall–Kier alpha value is -0.970. The smallest absolute Gasteiger partial charge is 0.150 e. The van der Waals surface area contributed by atoms with Gasteiger partial charge in [-0.1, -0.05) is 29.5 Å². The number of hydrogen-bond donors (Lipinski definition) is 0. The minimum absolute atomic E-state index is 0.270. The third-order valence-corrected chi connectivity index (χ3v) is 1.87. The molecular formula is C10H6Cl2O. The van der Waals surface area contributed by atoms with E-state index in [1.165, 1.54) is 0 Å². The Morgan fingerprint density at radius 3 is 2.77 bits per heavy atom. The van der Waals surface area contributed by atoms with Crippen LogP contribution in [0.5, 0.6) is 0 Å². The van der Waals surface area contributed by atoms with E-state index in [0.29, 0.717) is 16.1 Å². The Balaban J connectivity index is 3.05. The van der Waals surface area contributed by atoms with E-state index in [9.17, 15) is 4.79 Å². The van der Waals surface area contributed by atoms with Gasteiger partial charge in [-0.2, -0.15) is 0 Å². The number of carbonyl (C=O) groups excluding carboxylic acids is 1. The first-order valence-corrected chi connectivity index (χ1v) is 4.48. The zero-order valence-corrected chi connectivity index (χ0v) is 8.19. The van der Waals surface area contributed by atoms with Crippen LogP contribution in [0, 0.1) is 11.8 Å². The predicted molar refractivity (Wildman–Crippen MR) is 54.4 cm³/mol. The summed E-state index contributed by atoms with van der Waals surface area (Å²) in [7, 11) is 0. The number of alkyl halides is 1. The van der Waals surface area contributed by atoms with Gasteiger partial charge in [0, 0.05) is 11.1 Å². The lowest BCUT2D eigenvalue weighted by atomic mass is 10.1. The summed E-state index contributed by atoms with van der Waals surface area (Å²) in [4.78, 5) is 10.4. The Kier molecular flexibility index (Phi) is 3.82. The lowest BCUT2D eigenvalue weighted by molar-refractivity contribution is 0.112. The van der Waals surface area contributed by atoms with Gasteiger partial charge >= 0.3 is 0 Å². The van der Waals surface area contributed by atoms with Crippen LogP contribution in [0.2, 0.25) is 5.02 Å². The second-order valence-electron chi connectivity index (χ2n) is 2.29. The van der Waals surface area contributed by atoms with Crippen molar-refractivity contribution in [3.63, 3.8) is 0 Å². The summed E-state index contributed by atoms with van der Waals surface area (Å²) < 4.78 is 0. The average molecular weight is 213 g/mol. The molecule has 0 radical (unpaired) electrons. The van der Waals surface area contributed by atoms with Crippen LogP contribution in [-0.2, 0) is 0 Å². The third-order valence-electron chi connectivity index (χ3n) is 1.42. The topological polar surface area (TPSA) is 17.1 Å². The number of rotatable bonds is 1. The van der Waals surface area contributed by atoms with Crippen molar-refractivity contribution in [2.45, 2.75) is 0 Å². The molecule has 0 spiro atoms. The molecule has 0 fully saturated rings. The SMILES string of the molecule is O=Cc1ccc(C#CCCl)c(Cl)c1. The maximum atomic E-state index is 10.4. The van der Waals surface area contributed by atoms with Crippen LogP contribution < -0.4 is 0 Å². The first-order chi connectivity index (χ1) is 6.27. The van der Waals surface area contributed by atoms with Crippen molar-refractivity contribution in [3.05, 3.63) is 34.3 Å². The Labute approximate surface area is 86.7 Å². The zero-order chi connectivity index (χ0) is 9.68. The Morgan fingerprint density at radius 1 is 1.46 bits per heavy atom. The second kappa shape index (κ2) is 4.91. The van der Waals surface area contributed by atoms with Crippen molar-refractivity contribution in [1.82, 2.24) is 0 Å². The maximum Gasteiger partial charge on any atom is 0.150 e. The summed E-state index contributed by atoms with van der Waals surface area (Å²) in [5.41, 5.74) is 1.23. The van der Waals surface area contributed by atoms with Crippen molar-refractivity contribution in [1.29, 1.82) is 0 Å². The fourth-order valence-corrected chi connectivity index (χ4v) is 1.14. The van der Waals surface area contributed by atoms with Gasteiger partial charge in [-0.05, 0) is 12.1 Å². The molecule has 0 atom stereocenters. The molecule has 66 valence electrons. The van der Waals surface area contributed by atoms with E-state index in [1.54, 1.807) is 18.2 Å². The highest BCUT2D eigenvalue weighted by atomic mass is 35.5. The van der Waals surface area contributed by atoms with Gasteiger partial charge in [0.1, 0.15) is 6.29 Å². The first kappa shape index (κ1) is 10.1. The van der Waals surface area contributed by atoms with Crippen molar-refractivity contribution in [3.8, 4) is 11.8 Å². The van der Waals surface area contributed by atoms with Crippen LogP contribution in [0.25, 0.3) is 0 Å². The lowest BCUT2D eigenvalue weighted by Crippen LogP contribution is -1.82. The van der Waals surface area contributed by atoms with Crippen LogP contribution in [0.3, 0.4) is 0 Å². The minimum Gasteiger partial charge on any atom is -0.298 e. The summed E-state index contributed by atoms with van der Waals surface area (Å²) in [5, 5.41) is 0.474.